The summed E-state index contributed by atoms with van der Waals surface area (Å²) in [6, 6.07) is 9.28. The van der Waals surface area contributed by atoms with E-state index in [1.807, 2.05) is 25.1 Å². The average Bonchev–Trinajstić information content (AvgIpc) is 2.85. The Kier molecular flexibility index (Phi) is 5.29. The third-order valence-electron chi connectivity index (χ3n) is 3.15. The number of benzene rings is 1. The van der Waals surface area contributed by atoms with Gasteiger partial charge in [0.25, 0.3) is 0 Å². The monoisotopic (exact) mass is 311 g/mol. The van der Waals surface area contributed by atoms with Gasteiger partial charge in [0.2, 0.25) is 0 Å². The first kappa shape index (κ1) is 15.2. The molecule has 0 bridgehead atoms. The van der Waals surface area contributed by atoms with Crippen molar-refractivity contribution in [2.75, 3.05) is 13.7 Å². The highest BCUT2D eigenvalue weighted by molar-refractivity contribution is 7.16. The summed E-state index contributed by atoms with van der Waals surface area (Å²) >= 11 is 7.50. The van der Waals surface area contributed by atoms with E-state index >= 15 is 0 Å². The number of phenols is 1. The van der Waals surface area contributed by atoms with Gasteiger partial charge in [-0.05, 0) is 43.7 Å². The summed E-state index contributed by atoms with van der Waals surface area (Å²) in [7, 11) is 1.62. The summed E-state index contributed by atoms with van der Waals surface area (Å²) < 4.78 is 6.00. The lowest BCUT2D eigenvalue weighted by Gasteiger charge is -2.16. The third kappa shape index (κ3) is 3.88. The van der Waals surface area contributed by atoms with Gasteiger partial charge in [-0.2, -0.15) is 0 Å². The molecule has 0 aliphatic carbocycles. The quantitative estimate of drug-likeness (QED) is 0.847. The van der Waals surface area contributed by atoms with Gasteiger partial charge in [0.15, 0.2) is 0 Å². The molecule has 20 heavy (non-hydrogen) atoms. The fourth-order valence-electron chi connectivity index (χ4n) is 2.01. The first-order chi connectivity index (χ1) is 9.60. The van der Waals surface area contributed by atoms with Crippen molar-refractivity contribution in [1.29, 1.82) is 0 Å². The highest BCUT2D eigenvalue weighted by Crippen LogP contribution is 2.28. The summed E-state index contributed by atoms with van der Waals surface area (Å²) in [4.78, 5) is 1.25. The van der Waals surface area contributed by atoms with E-state index in [1.165, 1.54) is 4.88 Å². The number of aromatic hydroxyl groups is 1. The van der Waals surface area contributed by atoms with E-state index < -0.39 is 0 Å². The maximum atomic E-state index is 9.91. The smallest absolute Gasteiger partial charge is 0.120 e. The molecule has 1 aromatic carbocycles. The van der Waals surface area contributed by atoms with Gasteiger partial charge in [-0.3, -0.25) is 0 Å². The van der Waals surface area contributed by atoms with E-state index in [9.17, 15) is 5.11 Å². The third-order valence-corrected chi connectivity index (χ3v) is 4.44. The average molecular weight is 312 g/mol. The van der Waals surface area contributed by atoms with Gasteiger partial charge >= 0.3 is 0 Å². The lowest BCUT2D eigenvalue weighted by atomic mass is 10.1. The standard InChI is InChI=1S/C15H18ClNO2S/c1-10(13-9-11(19-2)3-5-14(13)18)17-8-7-12-4-6-15(16)20-12/h3-6,9-10,17-18H,7-8H2,1-2H3. The summed E-state index contributed by atoms with van der Waals surface area (Å²) in [6.45, 7) is 2.85. The molecule has 108 valence electrons. The molecule has 1 aromatic heterocycles. The molecule has 2 rings (SSSR count). The Morgan fingerprint density at radius 3 is 2.80 bits per heavy atom. The van der Waals surface area contributed by atoms with Crippen LogP contribution in [0.15, 0.2) is 30.3 Å². The Labute approximate surface area is 128 Å². The van der Waals surface area contributed by atoms with Crippen LogP contribution in [0.1, 0.15) is 23.4 Å². The summed E-state index contributed by atoms with van der Waals surface area (Å²) in [5.74, 6) is 1.03. The van der Waals surface area contributed by atoms with Crippen LogP contribution in [0.4, 0.5) is 0 Å². The van der Waals surface area contributed by atoms with E-state index in [0.717, 1.165) is 28.6 Å². The van der Waals surface area contributed by atoms with E-state index in [4.69, 9.17) is 16.3 Å². The van der Waals surface area contributed by atoms with Crippen LogP contribution in [0, 0.1) is 0 Å². The molecule has 1 atom stereocenters. The molecular weight excluding hydrogens is 294 g/mol. The maximum Gasteiger partial charge on any atom is 0.120 e. The second-order valence-corrected chi connectivity index (χ2v) is 6.36. The van der Waals surface area contributed by atoms with E-state index in [2.05, 4.69) is 5.32 Å². The largest absolute Gasteiger partial charge is 0.508 e. The van der Waals surface area contributed by atoms with E-state index in [-0.39, 0.29) is 11.8 Å². The number of ether oxygens (including phenoxy) is 1. The van der Waals surface area contributed by atoms with Gasteiger partial charge in [-0.15, -0.1) is 11.3 Å². The molecule has 0 aliphatic rings. The second-order valence-electron chi connectivity index (χ2n) is 4.56. The Bertz CT molecular complexity index is 571. The number of phenolic OH excluding ortho intramolecular Hbond substituents is 1. The SMILES string of the molecule is COc1ccc(O)c(C(C)NCCc2ccc(Cl)s2)c1. The van der Waals surface area contributed by atoms with Crippen LogP contribution in [-0.4, -0.2) is 18.8 Å². The number of rotatable bonds is 6. The van der Waals surface area contributed by atoms with Crippen molar-refractivity contribution in [2.24, 2.45) is 0 Å². The topological polar surface area (TPSA) is 41.5 Å². The van der Waals surface area contributed by atoms with Crippen molar-refractivity contribution in [3.63, 3.8) is 0 Å². The van der Waals surface area contributed by atoms with Crippen LogP contribution in [0.25, 0.3) is 0 Å². The van der Waals surface area contributed by atoms with Crippen molar-refractivity contribution in [3.05, 3.63) is 45.1 Å². The van der Waals surface area contributed by atoms with Gasteiger partial charge in [0, 0.05) is 23.0 Å². The fourth-order valence-corrected chi connectivity index (χ4v) is 3.10. The summed E-state index contributed by atoms with van der Waals surface area (Å²) in [5, 5.41) is 13.3. The molecule has 0 saturated heterocycles. The lowest BCUT2D eigenvalue weighted by molar-refractivity contribution is 0.407. The number of halogens is 1. The van der Waals surface area contributed by atoms with Crippen LogP contribution >= 0.6 is 22.9 Å². The van der Waals surface area contributed by atoms with Crippen LogP contribution in [0.2, 0.25) is 4.34 Å². The maximum absolute atomic E-state index is 9.91. The molecular formula is C15H18ClNO2S. The molecule has 2 N–H and O–H groups in total. The highest BCUT2D eigenvalue weighted by Gasteiger charge is 2.11. The molecule has 2 aromatic rings. The molecule has 1 heterocycles. The van der Waals surface area contributed by atoms with Crippen LogP contribution in [-0.2, 0) is 6.42 Å². The number of hydrogen-bond acceptors (Lipinski definition) is 4. The van der Waals surface area contributed by atoms with Gasteiger partial charge in [0.05, 0.1) is 11.4 Å². The summed E-state index contributed by atoms with van der Waals surface area (Å²) in [5.41, 5.74) is 0.841. The minimum atomic E-state index is 0.0561. The normalized spacial score (nSPS) is 12.3. The number of nitrogens with one attached hydrogen (secondary N) is 1. The van der Waals surface area contributed by atoms with Crippen LogP contribution in [0.3, 0.4) is 0 Å². The van der Waals surface area contributed by atoms with Crippen molar-refractivity contribution in [2.45, 2.75) is 19.4 Å². The van der Waals surface area contributed by atoms with Crippen molar-refractivity contribution in [1.82, 2.24) is 5.32 Å². The predicted octanol–water partition coefficient (Wildman–Crippen LogP) is 4.01. The van der Waals surface area contributed by atoms with Gasteiger partial charge < -0.3 is 15.2 Å². The number of thiophene rings is 1. The molecule has 0 aliphatic heterocycles. The van der Waals surface area contributed by atoms with Crippen LogP contribution in [0.5, 0.6) is 11.5 Å². The highest BCUT2D eigenvalue weighted by atomic mass is 35.5. The number of methoxy groups -OCH3 is 1. The first-order valence-corrected chi connectivity index (χ1v) is 7.64. The molecule has 0 spiro atoms. The zero-order valence-corrected chi connectivity index (χ0v) is 13.1. The van der Waals surface area contributed by atoms with Gasteiger partial charge in [-0.1, -0.05) is 11.6 Å². The minimum Gasteiger partial charge on any atom is -0.508 e. The molecule has 5 heteroatoms. The van der Waals surface area contributed by atoms with Crippen LogP contribution < -0.4 is 10.1 Å². The van der Waals surface area contributed by atoms with Gasteiger partial charge in [-0.25, -0.2) is 0 Å². The molecule has 1 unspecified atom stereocenters. The molecule has 0 saturated carbocycles. The summed E-state index contributed by atoms with van der Waals surface area (Å²) in [6.07, 6.45) is 0.923. The van der Waals surface area contributed by atoms with Crippen molar-refractivity contribution in [3.8, 4) is 11.5 Å². The predicted molar refractivity (Wildman–Crippen MR) is 84.1 cm³/mol. The second kappa shape index (κ2) is 6.97. The van der Waals surface area contributed by atoms with Gasteiger partial charge in [0.1, 0.15) is 11.5 Å². The Morgan fingerprint density at radius 1 is 1.35 bits per heavy atom. The Hall–Kier alpha value is -1.23. The zero-order valence-electron chi connectivity index (χ0n) is 11.5. The Morgan fingerprint density at radius 2 is 2.15 bits per heavy atom. The van der Waals surface area contributed by atoms with E-state index in [0.29, 0.717) is 0 Å². The lowest BCUT2D eigenvalue weighted by Crippen LogP contribution is -2.21. The zero-order chi connectivity index (χ0) is 14.5. The molecule has 0 fully saturated rings. The number of hydrogen-bond donors (Lipinski definition) is 2. The van der Waals surface area contributed by atoms with Crippen molar-refractivity contribution < 1.29 is 9.84 Å². The molecule has 3 nitrogen and oxygen atoms in total. The molecule has 0 amide bonds. The van der Waals surface area contributed by atoms with Crippen molar-refractivity contribution >= 4 is 22.9 Å². The van der Waals surface area contributed by atoms with E-state index in [1.54, 1.807) is 30.6 Å². The minimum absolute atomic E-state index is 0.0561. The Balaban J connectivity index is 1.92. The molecule has 0 radical (unpaired) electrons. The fraction of sp³-hybridized carbons (Fsp3) is 0.333. The first-order valence-electron chi connectivity index (χ1n) is 6.44.